The summed E-state index contributed by atoms with van der Waals surface area (Å²) in [6.45, 7) is 4.72. The summed E-state index contributed by atoms with van der Waals surface area (Å²) in [5.41, 5.74) is 18.8. The molecule has 12 aromatic rings. The molecule has 1 aliphatic rings. The molecule has 0 atom stereocenters. The number of benzene rings is 11. The second kappa shape index (κ2) is 16.9. The molecule has 3 heteroatoms. The zero-order valence-corrected chi connectivity index (χ0v) is 39.9. The van der Waals surface area contributed by atoms with Crippen LogP contribution in [0.5, 0.6) is 0 Å². The lowest BCUT2D eigenvalue weighted by molar-refractivity contribution is 0.660. The highest BCUT2D eigenvalue weighted by Crippen LogP contribution is 2.53. The quantitative estimate of drug-likeness (QED) is 0.142. The number of fused-ring (bicyclic) bond motifs is 8. The van der Waals surface area contributed by atoms with Gasteiger partial charge in [0.25, 0.3) is 0 Å². The largest absolute Gasteiger partial charge is 0.310 e. The third-order valence-electron chi connectivity index (χ3n) is 14.5. The van der Waals surface area contributed by atoms with Gasteiger partial charge in [-0.2, -0.15) is 0 Å². The van der Waals surface area contributed by atoms with Crippen LogP contribution in [0.4, 0.5) is 34.1 Å². The van der Waals surface area contributed by atoms with Gasteiger partial charge in [-0.25, -0.2) is 0 Å². The molecule has 0 saturated heterocycles. The van der Waals surface area contributed by atoms with Crippen molar-refractivity contribution in [2.75, 3.05) is 9.80 Å². The van der Waals surface area contributed by atoms with E-state index in [9.17, 15) is 0 Å². The third kappa shape index (κ3) is 7.00. The molecule has 0 spiro atoms. The van der Waals surface area contributed by atoms with Gasteiger partial charge in [-0.1, -0.05) is 196 Å². The summed E-state index contributed by atoms with van der Waals surface area (Å²) in [6.07, 6.45) is 0. The molecule has 0 aliphatic heterocycles. The summed E-state index contributed by atoms with van der Waals surface area (Å²) >= 11 is 1.89. The number of anilines is 6. The molecule has 1 aliphatic carbocycles. The van der Waals surface area contributed by atoms with E-state index in [1.54, 1.807) is 0 Å². The molecular formula is C67H48N2S. The van der Waals surface area contributed by atoms with Crippen molar-refractivity contribution >= 4 is 76.4 Å². The third-order valence-corrected chi connectivity index (χ3v) is 15.7. The van der Waals surface area contributed by atoms with E-state index in [-0.39, 0.29) is 5.41 Å². The zero-order valence-electron chi connectivity index (χ0n) is 39.1. The SMILES string of the molecule is CC1(C)c2ccccc2-c2ccc(N(c3ccccc3)c3cccc(N(c4ccccc4)c4ccccc4)c3-c3ccc(-c4ccc(-c5ccc6sc7c8ccccc8ccc7c6c5)cc4)cc3)cc21. The zero-order chi connectivity index (χ0) is 46.8. The monoisotopic (exact) mass is 912 g/mol. The van der Waals surface area contributed by atoms with Crippen LogP contribution in [0.3, 0.4) is 0 Å². The Bertz CT molecular complexity index is 3850. The summed E-state index contributed by atoms with van der Waals surface area (Å²) < 4.78 is 2.68. The molecule has 1 heterocycles. The predicted molar refractivity (Wildman–Crippen MR) is 300 cm³/mol. The summed E-state index contributed by atoms with van der Waals surface area (Å²) in [5, 5.41) is 5.26. The van der Waals surface area contributed by atoms with Gasteiger partial charge in [0, 0.05) is 53.9 Å². The summed E-state index contributed by atoms with van der Waals surface area (Å²) in [4.78, 5) is 4.85. The lowest BCUT2D eigenvalue weighted by atomic mass is 9.82. The molecule has 1 aromatic heterocycles. The molecule has 0 unspecified atom stereocenters. The summed E-state index contributed by atoms with van der Waals surface area (Å²) in [5.74, 6) is 0. The Labute approximate surface area is 413 Å². The first-order valence-corrected chi connectivity index (χ1v) is 25.0. The lowest BCUT2D eigenvalue weighted by Crippen LogP contribution is -2.17. The van der Waals surface area contributed by atoms with Gasteiger partial charge in [-0.15, -0.1) is 11.3 Å². The molecular weight excluding hydrogens is 865 g/mol. The van der Waals surface area contributed by atoms with Crippen molar-refractivity contribution in [3.63, 3.8) is 0 Å². The molecule has 11 aromatic carbocycles. The second-order valence-electron chi connectivity index (χ2n) is 18.9. The van der Waals surface area contributed by atoms with Gasteiger partial charge in [0.05, 0.1) is 11.4 Å². The van der Waals surface area contributed by atoms with E-state index in [2.05, 4.69) is 278 Å². The Morgan fingerprint density at radius 1 is 0.329 bits per heavy atom. The smallest absolute Gasteiger partial charge is 0.0561 e. The fraction of sp³-hybridized carbons (Fsp3) is 0.0448. The maximum atomic E-state index is 2.46. The summed E-state index contributed by atoms with van der Waals surface area (Å²) in [6, 6.07) is 93.5. The minimum absolute atomic E-state index is 0.150. The van der Waals surface area contributed by atoms with E-state index in [1.165, 1.54) is 75.5 Å². The Kier molecular flexibility index (Phi) is 10.1. The molecule has 0 bridgehead atoms. The van der Waals surface area contributed by atoms with Crippen LogP contribution in [0.1, 0.15) is 25.0 Å². The Hall–Kier alpha value is -8.50. The van der Waals surface area contributed by atoms with Crippen molar-refractivity contribution in [3.05, 3.63) is 266 Å². The lowest BCUT2D eigenvalue weighted by Gasteiger charge is -2.33. The average molecular weight is 913 g/mol. The highest BCUT2D eigenvalue weighted by atomic mass is 32.1. The molecule has 332 valence electrons. The van der Waals surface area contributed by atoms with E-state index in [0.717, 1.165) is 45.3 Å². The van der Waals surface area contributed by atoms with Gasteiger partial charge in [0.15, 0.2) is 0 Å². The average Bonchev–Trinajstić information content (AvgIpc) is 3.91. The van der Waals surface area contributed by atoms with E-state index in [4.69, 9.17) is 0 Å². The molecule has 70 heavy (non-hydrogen) atoms. The van der Waals surface area contributed by atoms with E-state index in [1.807, 2.05) is 11.3 Å². The Morgan fingerprint density at radius 2 is 0.843 bits per heavy atom. The fourth-order valence-corrected chi connectivity index (χ4v) is 12.2. The first-order chi connectivity index (χ1) is 34.5. The number of para-hydroxylation sites is 3. The van der Waals surface area contributed by atoms with Crippen molar-refractivity contribution in [3.8, 4) is 44.5 Å². The van der Waals surface area contributed by atoms with Crippen LogP contribution >= 0.6 is 11.3 Å². The molecule has 0 amide bonds. The minimum atomic E-state index is -0.150. The number of nitrogens with zero attached hydrogens (tertiary/aromatic N) is 2. The van der Waals surface area contributed by atoms with Crippen molar-refractivity contribution in [1.29, 1.82) is 0 Å². The van der Waals surface area contributed by atoms with E-state index < -0.39 is 0 Å². The van der Waals surface area contributed by atoms with Crippen LogP contribution in [0.25, 0.3) is 75.5 Å². The van der Waals surface area contributed by atoms with Crippen molar-refractivity contribution < 1.29 is 0 Å². The first-order valence-electron chi connectivity index (χ1n) is 24.2. The molecule has 0 fully saturated rings. The first kappa shape index (κ1) is 41.7. The van der Waals surface area contributed by atoms with Crippen LogP contribution in [-0.4, -0.2) is 0 Å². The normalized spacial score (nSPS) is 12.5. The topological polar surface area (TPSA) is 6.48 Å². The van der Waals surface area contributed by atoms with Crippen molar-refractivity contribution in [2.45, 2.75) is 19.3 Å². The molecule has 0 radical (unpaired) electrons. The number of hydrogen-bond acceptors (Lipinski definition) is 3. The number of hydrogen-bond donors (Lipinski definition) is 0. The fourth-order valence-electron chi connectivity index (χ4n) is 11.0. The molecule has 0 N–H and O–H groups in total. The van der Waals surface area contributed by atoms with Crippen LogP contribution in [-0.2, 0) is 5.41 Å². The van der Waals surface area contributed by atoms with Crippen LogP contribution in [0.15, 0.2) is 255 Å². The second-order valence-corrected chi connectivity index (χ2v) is 19.9. The van der Waals surface area contributed by atoms with Gasteiger partial charge in [0.1, 0.15) is 0 Å². The van der Waals surface area contributed by atoms with E-state index in [0.29, 0.717) is 0 Å². The van der Waals surface area contributed by atoms with Crippen molar-refractivity contribution in [1.82, 2.24) is 0 Å². The molecule has 13 rings (SSSR count). The van der Waals surface area contributed by atoms with Gasteiger partial charge in [-0.3, -0.25) is 0 Å². The number of rotatable bonds is 9. The van der Waals surface area contributed by atoms with Crippen LogP contribution in [0.2, 0.25) is 0 Å². The van der Waals surface area contributed by atoms with Gasteiger partial charge < -0.3 is 9.80 Å². The van der Waals surface area contributed by atoms with Gasteiger partial charge in [-0.05, 0) is 134 Å². The summed E-state index contributed by atoms with van der Waals surface area (Å²) in [7, 11) is 0. The Balaban J connectivity index is 0.934. The predicted octanol–water partition coefficient (Wildman–Crippen LogP) is 19.5. The standard InChI is InChI=1S/C67H48N2S/c1-67(2)60-26-15-14-25-56(60)57-41-39-54(44-61(57)67)69(53-22-10-5-11-23-53)63-28-16-27-62(68(51-18-6-3-7-19-51)52-20-8-4-9-21-52)65(63)49-35-33-46(34-36-49)45-29-31-47(32-30-45)50-38-42-64-59(43-50)58-40-37-48-17-12-13-24-55(48)66(58)70-64/h3-44H,1-2H3. The van der Waals surface area contributed by atoms with Gasteiger partial charge in [0.2, 0.25) is 0 Å². The van der Waals surface area contributed by atoms with Crippen LogP contribution < -0.4 is 9.80 Å². The maximum Gasteiger partial charge on any atom is 0.0561 e. The Morgan fingerprint density at radius 3 is 1.49 bits per heavy atom. The number of thiophene rings is 1. The minimum Gasteiger partial charge on any atom is -0.310 e. The van der Waals surface area contributed by atoms with E-state index >= 15 is 0 Å². The highest BCUT2D eigenvalue weighted by Gasteiger charge is 2.36. The highest BCUT2D eigenvalue weighted by molar-refractivity contribution is 7.26. The van der Waals surface area contributed by atoms with Crippen LogP contribution in [0, 0.1) is 0 Å². The van der Waals surface area contributed by atoms with Crippen molar-refractivity contribution in [2.24, 2.45) is 0 Å². The molecule has 0 saturated carbocycles. The van der Waals surface area contributed by atoms with Gasteiger partial charge >= 0.3 is 0 Å². The maximum absolute atomic E-state index is 2.46. The molecule has 2 nitrogen and oxygen atoms in total.